The van der Waals surface area contributed by atoms with Gasteiger partial charge in [-0.05, 0) is 45.2 Å². The minimum Gasteiger partial charge on any atom is -0.310 e. The van der Waals surface area contributed by atoms with E-state index in [9.17, 15) is 4.21 Å². The Hall–Kier alpha value is 0.0700. The van der Waals surface area contributed by atoms with Crippen molar-refractivity contribution in [3.05, 3.63) is 0 Å². The maximum atomic E-state index is 11.5. The lowest BCUT2D eigenvalue weighted by Gasteiger charge is -2.39. The number of nitrogens with zero attached hydrogens (tertiary/aromatic N) is 1. The molecule has 3 rings (SSSR count). The van der Waals surface area contributed by atoms with Crippen LogP contribution in [0.5, 0.6) is 0 Å². The SMILES string of the molecule is O=S1CCC(N2CCCNC3(CCCC3)C2)CC1. The topological polar surface area (TPSA) is 32.3 Å². The summed E-state index contributed by atoms with van der Waals surface area (Å²) >= 11 is 0. The van der Waals surface area contributed by atoms with Gasteiger partial charge in [0.15, 0.2) is 0 Å². The van der Waals surface area contributed by atoms with Crippen LogP contribution in [-0.4, -0.2) is 51.8 Å². The van der Waals surface area contributed by atoms with Gasteiger partial charge < -0.3 is 5.32 Å². The molecule has 0 unspecified atom stereocenters. The Morgan fingerprint density at radius 1 is 1.11 bits per heavy atom. The number of hydrogen-bond donors (Lipinski definition) is 1. The van der Waals surface area contributed by atoms with E-state index in [1.807, 2.05) is 0 Å². The molecule has 1 saturated carbocycles. The van der Waals surface area contributed by atoms with Crippen LogP contribution in [0.3, 0.4) is 0 Å². The molecule has 0 atom stereocenters. The summed E-state index contributed by atoms with van der Waals surface area (Å²) in [7, 11) is -0.522. The molecule has 0 aromatic carbocycles. The van der Waals surface area contributed by atoms with Gasteiger partial charge in [-0.1, -0.05) is 12.8 Å². The van der Waals surface area contributed by atoms with E-state index in [4.69, 9.17) is 0 Å². The highest BCUT2D eigenvalue weighted by atomic mass is 32.2. The molecule has 1 aliphatic carbocycles. The van der Waals surface area contributed by atoms with E-state index < -0.39 is 10.8 Å². The van der Waals surface area contributed by atoms with E-state index in [1.165, 1.54) is 51.7 Å². The lowest BCUT2D eigenvalue weighted by molar-refractivity contribution is 0.148. The Morgan fingerprint density at radius 3 is 2.56 bits per heavy atom. The second-order valence-electron chi connectivity index (χ2n) is 6.32. The van der Waals surface area contributed by atoms with Gasteiger partial charge in [0.25, 0.3) is 0 Å². The standard InChI is InChI=1S/C14H26N2OS/c17-18-10-4-13(5-11-18)16-9-3-8-15-14(12-16)6-1-2-7-14/h13,15H,1-12H2. The molecule has 2 heterocycles. The zero-order chi connectivity index (χ0) is 12.4. The van der Waals surface area contributed by atoms with Gasteiger partial charge in [-0.25, -0.2) is 0 Å². The average Bonchev–Trinajstić information content (AvgIpc) is 2.72. The van der Waals surface area contributed by atoms with Crippen molar-refractivity contribution >= 4 is 10.8 Å². The van der Waals surface area contributed by atoms with Gasteiger partial charge >= 0.3 is 0 Å². The quantitative estimate of drug-likeness (QED) is 0.784. The van der Waals surface area contributed by atoms with E-state index in [-0.39, 0.29) is 0 Å². The maximum absolute atomic E-state index is 11.5. The zero-order valence-corrected chi connectivity index (χ0v) is 12.1. The molecule has 0 bridgehead atoms. The third-order valence-corrected chi connectivity index (χ3v) is 6.44. The molecule has 3 fully saturated rings. The highest BCUT2D eigenvalue weighted by Gasteiger charge is 2.38. The Balaban J connectivity index is 1.65. The van der Waals surface area contributed by atoms with E-state index in [0.717, 1.165) is 24.3 Å². The van der Waals surface area contributed by atoms with Crippen LogP contribution in [0.2, 0.25) is 0 Å². The van der Waals surface area contributed by atoms with Gasteiger partial charge in [0, 0.05) is 40.4 Å². The van der Waals surface area contributed by atoms with Crippen molar-refractivity contribution in [2.45, 2.75) is 56.5 Å². The molecule has 104 valence electrons. The second-order valence-corrected chi connectivity index (χ2v) is 8.01. The summed E-state index contributed by atoms with van der Waals surface area (Å²) in [6.07, 6.45) is 9.11. The van der Waals surface area contributed by atoms with Crippen molar-refractivity contribution in [1.29, 1.82) is 0 Å². The third kappa shape index (κ3) is 2.81. The van der Waals surface area contributed by atoms with Crippen LogP contribution in [0.4, 0.5) is 0 Å². The van der Waals surface area contributed by atoms with Crippen LogP contribution < -0.4 is 5.32 Å². The largest absolute Gasteiger partial charge is 0.310 e. The molecule has 4 heteroatoms. The lowest BCUT2D eigenvalue weighted by Crippen LogP contribution is -2.52. The van der Waals surface area contributed by atoms with E-state index in [2.05, 4.69) is 10.2 Å². The van der Waals surface area contributed by atoms with Crippen LogP contribution in [0.1, 0.15) is 44.9 Å². The first-order valence-electron chi connectivity index (χ1n) is 7.62. The number of nitrogens with one attached hydrogen (secondary N) is 1. The Labute approximate surface area is 113 Å². The predicted molar refractivity (Wildman–Crippen MR) is 76.3 cm³/mol. The van der Waals surface area contributed by atoms with Gasteiger partial charge in [0.05, 0.1) is 0 Å². The van der Waals surface area contributed by atoms with Crippen LogP contribution >= 0.6 is 0 Å². The fourth-order valence-electron chi connectivity index (χ4n) is 4.00. The van der Waals surface area contributed by atoms with E-state index in [1.54, 1.807) is 0 Å². The fourth-order valence-corrected chi connectivity index (χ4v) is 5.28. The summed E-state index contributed by atoms with van der Waals surface area (Å²) in [5.41, 5.74) is 0.424. The molecule has 0 aromatic heterocycles. The highest BCUT2D eigenvalue weighted by molar-refractivity contribution is 7.85. The average molecular weight is 270 g/mol. The molecular weight excluding hydrogens is 244 g/mol. The van der Waals surface area contributed by atoms with Gasteiger partial charge in [-0.2, -0.15) is 0 Å². The van der Waals surface area contributed by atoms with Crippen molar-refractivity contribution in [2.24, 2.45) is 0 Å². The monoisotopic (exact) mass is 270 g/mol. The van der Waals surface area contributed by atoms with Crippen LogP contribution in [0, 0.1) is 0 Å². The van der Waals surface area contributed by atoms with Crippen LogP contribution in [0.15, 0.2) is 0 Å². The van der Waals surface area contributed by atoms with Crippen molar-refractivity contribution in [3.8, 4) is 0 Å². The Kier molecular flexibility index (Phi) is 4.06. The van der Waals surface area contributed by atoms with Gasteiger partial charge in [-0.3, -0.25) is 9.11 Å². The third-order valence-electron chi connectivity index (χ3n) is 5.06. The molecule has 2 aliphatic heterocycles. The molecular formula is C14H26N2OS. The molecule has 3 aliphatic rings. The van der Waals surface area contributed by atoms with Crippen molar-refractivity contribution in [3.63, 3.8) is 0 Å². The second kappa shape index (κ2) is 5.59. The molecule has 0 radical (unpaired) electrons. The molecule has 1 spiro atoms. The minimum absolute atomic E-state index is 0.424. The molecule has 2 saturated heterocycles. The number of rotatable bonds is 1. The normalized spacial score (nSPS) is 37.8. The maximum Gasteiger partial charge on any atom is 0.0308 e. The smallest absolute Gasteiger partial charge is 0.0308 e. The summed E-state index contributed by atoms with van der Waals surface area (Å²) in [6.45, 7) is 3.67. The lowest BCUT2D eigenvalue weighted by atomic mass is 9.96. The summed E-state index contributed by atoms with van der Waals surface area (Å²) in [5.74, 6) is 1.86. The first kappa shape index (κ1) is 13.1. The zero-order valence-electron chi connectivity index (χ0n) is 11.3. The first-order valence-corrected chi connectivity index (χ1v) is 9.10. The number of hydrogen-bond acceptors (Lipinski definition) is 3. The van der Waals surface area contributed by atoms with Gasteiger partial charge in [0.1, 0.15) is 0 Å². The molecule has 0 aromatic rings. The van der Waals surface area contributed by atoms with Crippen molar-refractivity contribution in [2.75, 3.05) is 31.1 Å². The molecule has 0 amide bonds. The minimum atomic E-state index is -0.522. The molecule has 1 N–H and O–H groups in total. The predicted octanol–water partition coefficient (Wildman–Crippen LogP) is 1.51. The molecule has 18 heavy (non-hydrogen) atoms. The van der Waals surface area contributed by atoms with Crippen LogP contribution in [0.25, 0.3) is 0 Å². The molecule has 3 nitrogen and oxygen atoms in total. The Bertz CT molecular complexity index is 305. The van der Waals surface area contributed by atoms with Crippen molar-refractivity contribution < 1.29 is 4.21 Å². The fraction of sp³-hybridized carbons (Fsp3) is 1.00. The highest BCUT2D eigenvalue weighted by Crippen LogP contribution is 2.33. The van der Waals surface area contributed by atoms with Crippen molar-refractivity contribution in [1.82, 2.24) is 10.2 Å². The van der Waals surface area contributed by atoms with Crippen LogP contribution in [-0.2, 0) is 10.8 Å². The van der Waals surface area contributed by atoms with E-state index >= 15 is 0 Å². The summed E-state index contributed by atoms with van der Waals surface area (Å²) in [4.78, 5) is 2.72. The summed E-state index contributed by atoms with van der Waals surface area (Å²) in [6, 6.07) is 0.708. The van der Waals surface area contributed by atoms with Gasteiger partial charge in [-0.15, -0.1) is 0 Å². The van der Waals surface area contributed by atoms with E-state index in [0.29, 0.717) is 11.6 Å². The summed E-state index contributed by atoms with van der Waals surface area (Å²) in [5, 5.41) is 3.83. The first-order chi connectivity index (χ1) is 8.77. The summed E-state index contributed by atoms with van der Waals surface area (Å²) < 4.78 is 11.5. The van der Waals surface area contributed by atoms with Gasteiger partial charge in [0.2, 0.25) is 0 Å². The Morgan fingerprint density at radius 2 is 1.83 bits per heavy atom.